The number of benzene rings is 2. The minimum Gasteiger partial charge on any atom is -0.491 e. The Morgan fingerprint density at radius 1 is 1.15 bits per heavy atom. The Hall–Kier alpha value is -1.55. The van der Waals surface area contributed by atoms with Gasteiger partial charge in [0, 0.05) is 18.1 Å². The molecule has 138 valence electrons. The standard InChI is InChI=1S/C21H22Cl2O3/c1-14(24)15-5-4-6-17(11-15)26-13-21-18(7-2-3-10-25-21)16-8-9-19(22)20(23)12-16/h4-6,8-9,11-12,18,21H,2-3,7,10,13H2,1H3/t18?,21-/m0/s1. The number of carbonyl (C=O) groups excluding carboxylic acids is 1. The quantitative estimate of drug-likeness (QED) is 0.591. The highest BCUT2D eigenvalue weighted by molar-refractivity contribution is 6.42. The molecule has 2 aromatic carbocycles. The Bertz CT molecular complexity index is 776. The average molecular weight is 393 g/mol. The van der Waals surface area contributed by atoms with Crippen molar-refractivity contribution in [2.45, 2.75) is 38.2 Å². The number of hydrogen-bond acceptors (Lipinski definition) is 3. The van der Waals surface area contributed by atoms with Crippen molar-refractivity contribution >= 4 is 29.0 Å². The predicted octanol–water partition coefficient (Wildman–Crippen LogP) is 5.93. The topological polar surface area (TPSA) is 35.5 Å². The monoisotopic (exact) mass is 392 g/mol. The molecule has 0 aliphatic carbocycles. The highest BCUT2D eigenvalue weighted by atomic mass is 35.5. The summed E-state index contributed by atoms with van der Waals surface area (Å²) in [7, 11) is 0. The maximum absolute atomic E-state index is 11.5. The maximum Gasteiger partial charge on any atom is 0.159 e. The van der Waals surface area contributed by atoms with E-state index in [0.29, 0.717) is 28.0 Å². The normalized spacial score (nSPS) is 20.4. The minimum atomic E-state index is -0.0734. The second-order valence-electron chi connectivity index (χ2n) is 6.58. The molecule has 1 unspecified atom stereocenters. The molecule has 1 aliphatic heterocycles. The Morgan fingerprint density at radius 2 is 2.00 bits per heavy atom. The zero-order chi connectivity index (χ0) is 18.5. The van der Waals surface area contributed by atoms with Crippen molar-refractivity contribution in [3.63, 3.8) is 0 Å². The van der Waals surface area contributed by atoms with Crippen LogP contribution in [0.1, 0.15) is 48.0 Å². The van der Waals surface area contributed by atoms with Gasteiger partial charge < -0.3 is 9.47 Å². The zero-order valence-corrected chi connectivity index (χ0v) is 16.2. The fraction of sp³-hybridized carbons (Fsp3) is 0.381. The molecule has 1 fully saturated rings. The van der Waals surface area contributed by atoms with Crippen LogP contribution in [0, 0.1) is 0 Å². The van der Waals surface area contributed by atoms with Crippen molar-refractivity contribution in [1.82, 2.24) is 0 Å². The Morgan fingerprint density at radius 3 is 2.77 bits per heavy atom. The molecule has 0 radical (unpaired) electrons. The number of ketones is 1. The molecule has 0 amide bonds. The van der Waals surface area contributed by atoms with E-state index in [-0.39, 0.29) is 17.8 Å². The van der Waals surface area contributed by atoms with E-state index in [4.69, 9.17) is 32.7 Å². The predicted molar refractivity (Wildman–Crippen MR) is 105 cm³/mol. The molecular formula is C21H22Cl2O3. The molecular weight excluding hydrogens is 371 g/mol. The second kappa shape index (κ2) is 8.90. The lowest BCUT2D eigenvalue weighted by molar-refractivity contribution is 0.0130. The smallest absolute Gasteiger partial charge is 0.159 e. The molecule has 0 spiro atoms. The number of rotatable bonds is 5. The van der Waals surface area contributed by atoms with Gasteiger partial charge in [-0.15, -0.1) is 0 Å². The number of hydrogen-bond donors (Lipinski definition) is 0. The van der Waals surface area contributed by atoms with Crippen molar-refractivity contribution in [2.24, 2.45) is 0 Å². The third kappa shape index (κ3) is 4.79. The van der Waals surface area contributed by atoms with Crippen LogP contribution in [-0.4, -0.2) is 25.1 Å². The summed E-state index contributed by atoms with van der Waals surface area (Å²) in [5.41, 5.74) is 1.76. The first-order valence-corrected chi connectivity index (χ1v) is 9.60. The minimum absolute atomic E-state index is 0.0230. The molecule has 5 heteroatoms. The van der Waals surface area contributed by atoms with Crippen LogP contribution in [0.25, 0.3) is 0 Å². The van der Waals surface area contributed by atoms with Crippen LogP contribution in [-0.2, 0) is 4.74 Å². The summed E-state index contributed by atoms with van der Waals surface area (Å²) in [6.45, 7) is 2.69. The van der Waals surface area contributed by atoms with Crippen LogP contribution in [0.3, 0.4) is 0 Å². The summed E-state index contributed by atoms with van der Waals surface area (Å²) in [4.78, 5) is 11.5. The van der Waals surface area contributed by atoms with Gasteiger partial charge in [0.05, 0.1) is 16.1 Å². The van der Waals surface area contributed by atoms with Gasteiger partial charge in [-0.05, 0) is 49.6 Å². The van der Waals surface area contributed by atoms with Crippen LogP contribution in [0.2, 0.25) is 10.0 Å². The zero-order valence-electron chi connectivity index (χ0n) is 14.7. The SMILES string of the molecule is CC(=O)c1cccc(OC[C@@H]2OCCCCC2c2ccc(Cl)c(Cl)c2)c1. The lowest BCUT2D eigenvalue weighted by Gasteiger charge is -2.26. The number of Topliss-reactive ketones (excluding diaryl/α,β-unsaturated/α-hetero) is 1. The summed E-state index contributed by atoms with van der Waals surface area (Å²) in [6.07, 6.45) is 3.07. The van der Waals surface area contributed by atoms with E-state index in [1.165, 1.54) is 0 Å². The van der Waals surface area contributed by atoms with E-state index < -0.39 is 0 Å². The van der Waals surface area contributed by atoms with E-state index in [2.05, 4.69) is 0 Å². The largest absolute Gasteiger partial charge is 0.491 e. The molecule has 26 heavy (non-hydrogen) atoms. The van der Waals surface area contributed by atoms with Crippen molar-refractivity contribution in [1.29, 1.82) is 0 Å². The van der Waals surface area contributed by atoms with Gasteiger partial charge in [0.25, 0.3) is 0 Å². The summed E-state index contributed by atoms with van der Waals surface area (Å²) in [5.74, 6) is 0.900. The summed E-state index contributed by atoms with van der Waals surface area (Å²) >= 11 is 12.3. The van der Waals surface area contributed by atoms with Crippen molar-refractivity contribution in [2.75, 3.05) is 13.2 Å². The molecule has 1 aliphatic rings. The first kappa shape index (κ1) is 19.2. The van der Waals surface area contributed by atoms with Crippen LogP contribution in [0.5, 0.6) is 5.75 Å². The van der Waals surface area contributed by atoms with Gasteiger partial charge in [0.15, 0.2) is 5.78 Å². The lowest BCUT2D eigenvalue weighted by atomic mass is 9.89. The number of halogens is 2. The summed E-state index contributed by atoms with van der Waals surface area (Å²) in [6, 6.07) is 13.0. The second-order valence-corrected chi connectivity index (χ2v) is 7.39. The molecule has 2 aromatic rings. The van der Waals surface area contributed by atoms with Gasteiger partial charge >= 0.3 is 0 Å². The first-order chi connectivity index (χ1) is 12.5. The number of carbonyl (C=O) groups is 1. The van der Waals surface area contributed by atoms with E-state index in [0.717, 1.165) is 31.4 Å². The van der Waals surface area contributed by atoms with E-state index in [1.807, 2.05) is 30.3 Å². The van der Waals surface area contributed by atoms with Gasteiger partial charge in [-0.3, -0.25) is 4.79 Å². The van der Waals surface area contributed by atoms with Crippen LogP contribution in [0.15, 0.2) is 42.5 Å². The van der Waals surface area contributed by atoms with Crippen molar-refractivity contribution < 1.29 is 14.3 Å². The first-order valence-electron chi connectivity index (χ1n) is 8.85. The Labute approximate surface area is 164 Å². The third-order valence-corrected chi connectivity index (χ3v) is 5.46. The number of ether oxygens (including phenoxy) is 2. The van der Waals surface area contributed by atoms with E-state index in [9.17, 15) is 4.79 Å². The molecule has 3 nitrogen and oxygen atoms in total. The lowest BCUT2D eigenvalue weighted by Crippen LogP contribution is -2.28. The van der Waals surface area contributed by atoms with E-state index >= 15 is 0 Å². The Kier molecular flexibility index (Phi) is 6.58. The maximum atomic E-state index is 11.5. The molecule has 0 N–H and O–H groups in total. The summed E-state index contributed by atoms with van der Waals surface area (Å²) < 4.78 is 12.0. The molecule has 2 atom stereocenters. The molecule has 1 heterocycles. The van der Waals surface area contributed by atoms with Gasteiger partial charge in [-0.2, -0.15) is 0 Å². The van der Waals surface area contributed by atoms with Gasteiger partial charge in [-0.25, -0.2) is 0 Å². The average Bonchev–Trinajstić information content (AvgIpc) is 2.88. The van der Waals surface area contributed by atoms with Crippen molar-refractivity contribution in [3.8, 4) is 5.75 Å². The molecule has 0 aromatic heterocycles. The molecule has 0 saturated carbocycles. The Balaban J connectivity index is 1.75. The molecule has 3 rings (SSSR count). The summed E-state index contributed by atoms with van der Waals surface area (Å²) in [5, 5.41) is 1.11. The van der Waals surface area contributed by atoms with Crippen LogP contribution >= 0.6 is 23.2 Å². The van der Waals surface area contributed by atoms with E-state index in [1.54, 1.807) is 19.1 Å². The fourth-order valence-electron chi connectivity index (χ4n) is 3.27. The molecule has 1 saturated heterocycles. The van der Waals surface area contributed by atoms with Crippen molar-refractivity contribution in [3.05, 3.63) is 63.6 Å². The van der Waals surface area contributed by atoms with Crippen LogP contribution < -0.4 is 4.74 Å². The van der Waals surface area contributed by atoms with Gasteiger partial charge in [-0.1, -0.05) is 47.8 Å². The van der Waals surface area contributed by atoms with Gasteiger partial charge in [0.2, 0.25) is 0 Å². The van der Waals surface area contributed by atoms with Crippen LogP contribution in [0.4, 0.5) is 0 Å². The third-order valence-electron chi connectivity index (χ3n) is 4.72. The highest BCUT2D eigenvalue weighted by Gasteiger charge is 2.27. The molecule has 0 bridgehead atoms. The fourth-order valence-corrected chi connectivity index (χ4v) is 3.58. The highest BCUT2D eigenvalue weighted by Crippen LogP contribution is 2.34. The van der Waals surface area contributed by atoms with Gasteiger partial charge in [0.1, 0.15) is 12.4 Å².